The quantitative estimate of drug-likeness (QED) is 0.731. The van der Waals surface area contributed by atoms with Gasteiger partial charge in [-0.2, -0.15) is 22.7 Å². The van der Waals surface area contributed by atoms with Crippen LogP contribution in [0.4, 0.5) is 0 Å². The normalized spacial score (nSPS) is 12.6. The number of aliphatic hydroxyl groups is 1. The molecular formula is C16H19NO2S2. The van der Waals surface area contributed by atoms with Crippen LogP contribution >= 0.6 is 22.7 Å². The zero-order chi connectivity index (χ0) is 14.9. The predicted octanol–water partition coefficient (Wildman–Crippen LogP) is 3.50. The van der Waals surface area contributed by atoms with E-state index in [4.69, 9.17) is 5.11 Å². The fraction of sp³-hybridized carbons (Fsp3) is 0.312. The number of amides is 1. The summed E-state index contributed by atoms with van der Waals surface area (Å²) in [6.07, 6.45) is 4.95. The van der Waals surface area contributed by atoms with Crippen LogP contribution in [0.5, 0.6) is 0 Å². The van der Waals surface area contributed by atoms with E-state index < -0.39 is 0 Å². The molecule has 2 rings (SSSR count). The largest absolute Gasteiger partial charge is 0.396 e. The zero-order valence-corrected chi connectivity index (χ0v) is 13.3. The van der Waals surface area contributed by atoms with E-state index in [9.17, 15) is 4.79 Å². The van der Waals surface area contributed by atoms with Gasteiger partial charge in [0.15, 0.2) is 0 Å². The maximum Gasteiger partial charge on any atom is 0.243 e. The first-order valence-corrected chi connectivity index (χ1v) is 8.79. The van der Waals surface area contributed by atoms with Crippen LogP contribution in [0.25, 0.3) is 6.08 Å². The number of hydrogen-bond donors (Lipinski definition) is 2. The summed E-state index contributed by atoms with van der Waals surface area (Å²) in [5, 5.41) is 20.2. The fourth-order valence-electron chi connectivity index (χ4n) is 2.11. The van der Waals surface area contributed by atoms with Crippen molar-refractivity contribution in [2.75, 3.05) is 13.2 Å². The molecule has 3 nitrogen and oxygen atoms in total. The molecule has 0 saturated carbocycles. The van der Waals surface area contributed by atoms with Crippen molar-refractivity contribution < 1.29 is 9.90 Å². The summed E-state index contributed by atoms with van der Waals surface area (Å²) in [4.78, 5) is 11.7. The van der Waals surface area contributed by atoms with Crippen molar-refractivity contribution in [3.8, 4) is 0 Å². The maximum absolute atomic E-state index is 11.7. The van der Waals surface area contributed by atoms with E-state index >= 15 is 0 Å². The highest BCUT2D eigenvalue weighted by molar-refractivity contribution is 7.08. The maximum atomic E-state index is 11.7. The molecule has 0 radical (unpaired) electrons. The molecule has 0 saturated heterocycles. The molecule has 5 heteroatoms. The van der Waals surface area contributed by atoms with Crippen LogP contribution in [-0.2, 0) is 4.79 Å². The molecule has 2 heterocycles. The van der Waals surface area contributed by atoms with Crippen LogP contribution in [0.3, 0.4) is 0 Å². The molecule has 2 N–H and O–H groups in total. The van der Waals surface area contributed by atoms with Gasteiger partial charge >= 0.3 is 0 Å². The Hall–Kier alpha value is -1.43. The molecule has 0 aliphatic rings. The van der Waals surface area contributed by atoms with E-state index in [-0.39, 0.29) is 12.5 Å². The van der Waals surface area contributed by atoms with Gasteiger partial charge in [-0.25, -0.2) is 0 Å². The Morgan fingerprint density at radius 3 is 2.71 bits per heavy atom. The molecular weight excluding hydrogens is 302 g/mol. The van der Waals surface area contributed by atoms with Gasteiger partial charge in [0.2, 0.25) is 5.91 Å². The average molecular weight is 321 g/mol. The van der Waals surface area contributed by atoms with Crippen LogP contribution in [-0.4, -0.2) is 24.2 Å². The smallest absolute Gasteiger partial charge is 0.243 e. The minimum Gasteiger partial charge on any atom is -0.396 e. The molecule has 21 heavy (non-hydrogen) atoms. The number of carbonyl (C=O) groups is 1. The summed E-state index contributed by atoms with van der Waals surface area (Å²) in [5.41, 5.74) is 2.30. The third-order valence-corrected chi connectivity index (χ3v) is 4.66. The molecule has 1 atom stereocenters. The lowest BCUT2D eigenvalue weighted by Crippen LogP contribution is -2.23. The summed E-state index contributed by atoms with van der Waals surface area (Å²) in [7, 11) is 0. The number of nitrogens with one attached hydrogen (secondary N) is 1. The summed E-state index contributed by atoms with van der Waals surface area (Å²) in [6.45, 7) is 0.792. The Balaban J connectivity index is 1.75. The Bertz CT molecular complexity index is 547. The third kappa shape index (κ3) is 5.46. The van der Waals surface area contributed by atoms with Crippen LogP contribution in [0.15, 0.2) is 39.7 Å². The first kappa shape index (κ1) is 15.9. The van der Waals surface area contributed by atoms with Crippen LogP contribution in [0.2, 0.25) is 0 Å². The van der Waals surface area contributed by atoms with Crippen molar-refractivity contribution >= 4 is 34.7 Å². The molecule has 2 aromatic rings. The van der Waals surface area contributed by atoms with E-state index in [1.807, 2.05) is 28.3 Å². The van der Waals surface area contributed by atoms with Crippen molar-refractivity contribution in [3.05, 3.63) is 50.9 Å². The van der Waals surface area contributed by atoms with Gasteiger partial charge < -0.3 is 10.4 Å². The Morgan fingerprint density at radius 1 is 1.24 bits per heavy atom. The molecule has 1 unspecified atom stereocenters. The molecule has 0 fully saturated rings. The topological polar surface area (TPSA) is 49.3 Å². The van der Waals surface area contributed by atoms with Crippen LogP contribution < -0.4 is 5.32 Å². The summed E-state index contributed by atoms with van der Waals surface area (Å²) in [6, 6.07) is 4.06. The second-order valence-electron chi connectivity index (χ2n) is 4.74. The van der Waals surface area contributed by atoms with Gasteiger partial charge in [-0.1, -0.05) is 0 Å². The van der Waals surface area contributed by atoms with E-state index in [1.54, 1.807) is 28.7 Å². The molecule has 112 valence electrons. The second-order valence-corrected chi connectivity index (χ2v) is 6.30. The lowest BCUT2D eigenvalue weighted by Gasteiger charge is -2.14. The van der Waals surface area contributed by atoms with Crippen molar-refractivity contribution in [2.24, 2.45) is 0 Å². The first-order chi connectivity index (χ1) is 10.3. The van der Waals surface area contributed by atoms with Gasteiger partial charge in [0.05, 0.1) is 0 Å². The Labute approximate surface area is 133 Å². The van der Waals surface area contributed by atoms with Gasteiger partial charge in [-0.3, -0.25) is 4.79 Å². The SMILES string of the molecule is O=C(/C=C/c1ccsc1)NCCC(CCO)c1ccsc1. The third-order valence-electron chi connectivity index (χ3n) is 3.25. The highest BCUT2D eigenvalue weighted by Crippen LogP contribution is 2.24. The van der Waals surface area contributed by atoms with Crippen molar-refractivity contribution in [2.45, 2.75) is 18.8 Å². The molecule has 0 aliphatic heterocycles. The first-order valence-electron chi connectivity index (χ1n) is 6.90. The number of thiophene rings is 2. The molecule has 0 aromatic carbocycles. The van der Waals surface area contributed by atoms with Crippen molar-refractivity contribution in [1.82, 2.24) is 5.32 Å². The average Bonchev–Trinajstić information content (AvgIpc) is 3.17. The summed E-state index contributed by atoms with van der Waals surface area (Å²) < 4.78 is 0. The van der Waals surface area contributed by atoms with Gasteiger partial charge in [0, 0.05) is 19.2 Å². The zero-order valence-electron chi connectivity index (χ0n) is 11.7. The molecule has 2 aromatic heterocycles. The summed E-state index contributed by atoms with van der Waals surface area (Å²) >= 11 is 3.27. The number of aliphatic hydroxyl groups excluding tert-OH is 1. The van der Waals surface area contributed by atoms with Crippen LogP contribution in [0.1, 0.15) is 29.9 Å². The molecule has 1 amide bonds. The van der Waals surface area contributed by atoms with Gasteiger partial charge in [0.25, 0.3) is 0 Å². The van der Waals surface area contributed by atoms with Gasteiger partial charge in [-0.05, 0) is 69.6 Å². The van der Waals surface area contributed by atoms with E-state index in [0.29, 0.717) is 12.5 Å². The Kier molecular flexibility index (Phi) is 6.66. The molecule has 0 aliphatic carbocycles. The minimum absolute atomic E-state index is 0.0748. The molecule has 0 bridgehead atoms. The number of carbonyl (C=O) groups excluding carboxylic acids is 1. The van der Waals surface area contributed by atoms with Gasteiger partial charge in [0.1, 0.15) is 0 Å². The second kappa shape index (κ2) is 8.77. The minimum atomic E-state index is -0.0748. The predicted molar refractivity (Wildman–Crippen MR) is 89.7 cm³/mol. The monoisotopic (exact) mass is 321 g/mol. The fourth-order valence-corrected chi connectivity index (χ4v) is 3.48. The van der Waals surface area contributed by atoms with Crippen LogP contribution in [0, 0.1) is 0 Å². The van der Waals surface area contributed by atoms with Crippen molar-refractivity contribution in [3.63, 3.8) is 0 Å². The lowest BCUT2D eigenvalue weighted by atomic mass is 9.95. The van der Waals surface area contributed by atoms with E-state index in [0.717, 1.165) is 18.4 Å². The summed E-state index contributed by atoms with van der Waals surface area (Å²) in [5.74, 6) is 0.233. The highest BCUT2D eigenvalue weighted by Gasteiger charge is 2.11. The van der Waals surface area contributed by atoms with Gasteiger partial charge in [-0.15, -0.1) is 0 Å². The number of rotatable bonds is 8. The standard InChI is InChI=1S/C16H19NO2S2/c18-8-4-14(15-6-10-21-12-15)3-7-17-16(19)2-1-13-5-9-20-11-13/h1-2,5-6,9-12,14,18H,3-4,7-8H2,(H,17,19)/b2-1+. The highest BCUT2D eigenvalue weighted by atomic mass is 32.1. The Morgan fingerprint density at radius 2 is 2.05 bits per heavy atom. The van der Waals surface area contributed by atoms with Crippen molar-refractivity contribution in [1.29, 1.82) is 0 Å². The molecule has 0 spiro atoms. The van der Waals surface area contributed by atoms with E-state index in [1.165, 1.54) is 5.56 Å². The lowest BCUT2D eigenvalue weighted by molar-refractivity contribution is -0.116. The number of hydrogen-bond acceptors (Lipinski definition) is 4. The van der Waals surface area contributed by atoms with E-state index in [2.05, 4.69) is 16.8 Å².